The smallest absolute Gasteiger partial charge is 0.219 e. The Balaban J connectivity index is 3.04. The van der Waals surface area contributed by atoms with E-state index in [9.17, 15) is 4.79 Å². The van der Waals surface area contributed by atoms with Gasteiger partial charge in [0.15, 0.2) is 0 Å². The third kappa shape index (κ3) is 17.5. The molecule has 0 atom stereocenters. The van der Waals surface area contributed by atoms with Crippen LogP contribution in [-0.2, 0) is 4.79 Å². The SMILES string of the molecule is [CH2]CCNC(=O)CCCCCCCCCCCCCCCC. The number of rotatable bonds is 17. The lowest BCUT2D eigenvalue weighted by Crippen LogP contribution is -2.23. The Labute approximate surface area is 139 Å². The molecule has 0 saturated carbocycles. The van der Waals surface area contributed by atoms with E-state index in [1.807, 2.05) is 0 Å². The topological polar surface area (TPSA) is 29.1 Å². The van der Waals surface area contributed by atoms with Crippen LogP contribution in [0.15, 0.2) is 0 Å². The highest BCUT2D eigenvalue weighted by Crippen LogP contribution is 2.13. The van der Waals surface area contributed by atoms with Gasteiger partial charge in [-0.05, 0) is 12.8 Å². The van der Waals surface area contributed by atoms with Gasteiger partial charge in [0.2, 0.25) is 5.91 Å². The van der Waals surface area contributed by atoms with Gasteiger partial charge in [-0.1, -0.05) is 97.3 Å². The summed E-state index contributed by atoms with van der Waals surface area (Å²) in [6.07, 6.45) is 20.5. The summed E-state index contributed by atoms with van der Waals surface area (Å²) in [7, 11) is 0. The Kier molecular flexibility index (Phi) is 18.1. The third-order valence-electron chi connectivity index (χ3n) is 4.26. The van der Waals surface area contributed by atoms with E-state index in [4.69, 9.17) is 0 Å². The monoisotopic (exact) mass is 310 g/mol. The predicted octanol–water partition coefficient (Wildman–Crippen LogP) is 6.20. The summed E-state index contributed by atoms with van der Waals surface area (Å²) in [5.41, 5.74) is 0. The minimum Gasteiger partial charge on any atom is -0.356 e. The first-order chi connectivity index (χ1) is 10.8. The number of hydrogen-bond donors (Lipinski definition) is 1. The average Bonchev–Trinajstić information content (AvgIpc) is 2.53. The second kappa shape index (κ2) is 18.5. The Morgan fingerprint density at radius 2 is 1.14 bits per heavy atom. The van der Waals surface area contributed by atoms with Crippen LogP contribution in [0.3, 0.4) is 0 Å². The maximum Gasteiger partial charge on any atom is 0.219 e. The Morgan fingerprint density at radius 3 is 1.55 bits per heavy atom. The molecule has 1 amide bonds. The number of carbonyl (C=O) groups excluding carboxylic acids is 1. The van der Waals surface area contributed by atoms with Crippen molar-refractivity contribution in [2.45, 2.75) is 110 Å². The molecule has 2 heteroatoms. The molecule has 0 aliphatic rings. The Bertz CT molecular complexity index is 228. The quantitative estimate of drug-likeness (QED) is 0.318. The molecule has 131 valence electrons. The van der Waals surface area contributed by atoms with E-state index in [1.54, 1.807) is 0 Å². The van der Waals surface area contributed by atoms with Crippen molar-refractivity contribution in [3.05, 3.63) is 6.92 Å². The summed E-state index contributed by atoms with van der Waals surface area (Å²) in [5, 5.41) is 2.88. The molecule has 0 saturated heterocycles. The van der Waals surface area contributed by atoms with Gasteiger partial charge in [0.1, 0.15) is 0 Å². The second-order valence-electron chi connectivity index (χ2n) is 6.55. The molecular formula is C20H40NO. The van der Waals surface area contributed by atoms with Crippen LogP contribution >= 0.6 is 0 Å². The fourth-order valence-electron chi connectivity index (χ4n) is 2.80. The minimum atomic E-state index is 0.197. The van der Waals surface area contributed by atoms with E-state index >= 15 is 0 Å². The highest BCUT2D eigenvalue weighted by Gasteiger charge is 1.99. The van der Waals surface area contributed by atoms with Gasteiger partial charge < -0.3 is 5.32 Å². The molecule has 0 aromatic rings. The molecule has 0 aromatic heterocycles. The van der Waals surface area contributed by atoms with Crippen molar-refractivity contribution in [2.24, 2.45) is 0 Å². The maximum atomic E-state index is 11.4. The Morgan fingerprint density at radius 1 is 0.727 bits per heavy atom. The number of unbranched alkanes of at least 4 members (excludes halogenated alkanes) is 13. The normalized spacial score (nSPS) is 10.8. The first kappa shape index (κ1) is 21.5. The average molecular weight is 311 g/mol. The van der Waals surface area contributed by atoms with Gasteiger partial charge in [-0.25, -0.2) is 0 Å². The van der Waals surface area contributed by atoms with Crippen LogP contribution < -0.4 is 5.32 Å². The van der Waals surface area contributed by atoms with Gasteiger partial charge >= 0.3 is 0 Å². The molecule has 1 radical (unpaired) electrons. The summed E-state index contributed by atoms with van der Waals surface area (Å²) < 4.78 is 0. The van der Waals surface area contributed by atoms with E-state index in [0.717, 1.165) is 19.4 Å². The van der Waals surface area contributed by atoms with Crippen molar-refractivity contribution < 1.29 is 4.79 Å². The number of hydrogen-bond acceptors (Lipinski definition) is 1. The molecular weight excluding hydrogens is 270 g/mol. The highest BCUT2D eigenvalue weighted by atomic mass is 16.1. The molecule has 2 nitrogen and oxygen atoms in total. The summed E-state index contributed by atoms with van der Waals surface area (Å²) >= 11 is 0. The van der Waals surface area contributed by atoms with E-state index < -0.39 is 0 Å². The van der Waals surface area contributed by atoms with Crippen LogP contribution in [0.5, 0.6) is 0 Å². The minimum absolute atomic E-state index is 0.197. The molecule has 1 N–H and O–H groups in total. The lowest BCUT2D eigenvalue weighted by atomic mass is 10.0. The van der Waals surface area contributed by atoms with Gasteiger partial charge in [-0.15, -0.1) is 0 Å². The first-order valence-electron chi connectivity index (χ1n) is 9.87. The molecule has 0 aliphatic heterocycles. The molecule has 0 aromatic carbocycles. The molecule has 0 bridgehead atoms. The molecule has 0 rings (SSSR count). The third-order valence-corrected chi connectivity index (χ3v) is 4.26. The van der Waals surface area contributed by atoms with Crippen molar-refractivity contribution in [3.63, 3.8) is 0 Å². The summed E-state index contributed by atoms with van der Waals surface area (Å²) in [6, 6.07) is 0. The lowest BCUT2D eigenvalue weighted by Gasteiger charge is -2.04. The van der Waals surface area contributed by atoms with Gasteiger partial charge in [0, 0.05) is 13.0 Å². The standard InChI is InChI=1S/C20H40NO/c1-3-5-6-7-8-9-10-11-12-13-14-15-16-17-18-20(22)21-19-4-2/h2-19H2,1H3,(H,21,22). The molecule has 0 spiro atoms. The van der Waals surface area contributed by atoms with Gasteiger partial charge in [0.25, 0.3) is 0 Å². The van der Waals surface area contributed by atoms with Gasteiger partial charge in [-0.2, -0.15) is 0 Å². The summed E-state index contributed by atoms with van der Waals surface area (Å²) in [6.45, 7) is 6.71. The van der Waals surface area contributed by atoms with Crippen LogP contribution in [0.2, 0.25) is 0 Å². The van der Waals surface area contributed by atoms with Crippen molar-refractivity contribution >= 4 is 5.91 Å². The van der Waals surface area contributed by atoms with Crippen LogP contribution in [0.4, 0.5) is 0 Å². The molecule has 0 unspecified atom stereocenters. The van der Waals surface area contributed by atoms with E-state index in [1.165, 1.54) is 83.5 Å². The fourth-order valence-corrected chi connectivity index (χ4v) is 2.80. The molecule has 0 aliphatic carbocycles. The van der Waals surface area contributed by atoms with E-state index in [-0.39, 0.29) is 5.91 Å². The van der Waals surface area contributed by atoms with E-state index in [0.29, 0.717) is 6.42 Å². The van der Waals surface area contributed by atoms with Crippen molar-refractivity contribution in [1.29, 1.82) is 0 Å². The number of carbonyl (C=O) groups is 1. The molecule has 0 fully saturated rings. The fraction of sp³-hybridized carbons (Fsp3) is 0.900. The van der Waals surface area contributed by atoms with Crippen LogP contribution in [0.1, 0.15) is 110 Å². The zero-order valence-corrected chi connectivity index (χ0v) is 15.1. The van der Waals surface area contributed by atoms with Crippen LogP contribution in [-0.4, -0.2) is 12.5 Å². The molecule has 22 heavy (non-hydrogen) atoms. The number of amides is 1. The van der Waals surface area contributed by atoms with Crippen LogP contribution in [0.25, 0.3) is 0 Å². The van der Waals surface area contributed by atoms with Gasteiger partial charge in [-0.3, -0.25) is 4.79 Å². The zero-order chi connectivity index (χ0) is 16.3. The molecule has 0 heterocycles. The number of nitrogens with one attached hydrogen (secondary N) is 1. The van der Waals surface area contributed by atoms with E-state index in [2.05, 4.69) is 19.2 Å². The van der Waals surface area contributed by atoms with Crippen molar-refractivity contribution in [1.82, 2.24) is 5.32 Å². The largest absolute Gasteiger partial charge is 0.356 e. The van der Waals surface area contributed by atoms with Crippen molar-refractivity contribution in [3.8, 4) is 0 Å². The summed E-state index contributed by atoms with van der Waals surface area (Å²) in [5.74, 6) is 0.197. The second-order valence-corrected chi connectivity index (χ2v) is 6.55. The predicted molar refractivity (Wildman–Crippen MR) is 97.9 cm³/mol. The Hall–Kier alpha value is -0.530. The first-order valence-corrected chi connectivity index (χ1v) is 9.87. The summed E-state index contributed by atoms with van der Waals surface area (Å²) in [4.78, 5) is 11.4. The van der Waals surface area contributed by atoms with Crippen molar-refractivity contribution in [2.75, 3.05) is 6.54 Å². The zero-order valence-electron chi connectivity index (χ0n) is 15.1. The lowest BCUT2D eigenvalue weighted by molar-refractivity contribution is -0.121. The van der Waals surface area contributed by atoms with Crippen LogP contribution in [0, 0.1) is 6.92 Å². The van der Waals surface area contributed by atoms with Gasteiger partial charge in [0.05, 0.1) is 0 Å². The highest BCUT2D eigenvalue weighted by molar-refractivity contribution is 5.75. The maximum absolute atomic E-state index is 11.4.